The van der Waals surface area contributed by atoms with Crippen molar-refractivity contribution in [3.63, 3.8) is 0 Å². The van der Waals surface area contributed by atoms with E-state index in [4.69, 9.17) is 4.42 Å². The van der Waals surface area contributed by atoms with Gasteiger partial charge < -0.3 is 14.4 Å². The Balaban J connectivity index is 2.39. The molecule has 1 N–H and O–H groups in total. The molecule has 0 spiro atoms. The SMILES string of the molecule is CCc1cc2c(CN(C)CC(=O)N(C)C)cc(=O)oc2cc1O. The summed E-state index contributed by atoms with van der Waals surface area (Å²) >= 11 is 0. The van der Waals surface area contributed by atoms with E-state index in [0.717, 1.165) is 16.5 Å². The summed E-state index contributed by atoms with van der Waals surface area (Å²) in [5.41, 5.74) is 1.46. The smallest absolute Gasteiger partial charge is 0.336 e. The molecule has 1 heterocycles. The normalized spacial score (nSPS) is 11.2. The van der Waals surface area contributed by atoms with Crippen molar-refractivity contribution in [3.8, 4) is 5.75 Å². The number of phenols is 1. The van der Waals surface area contributed by atoms with E-state index < -0.39 is 5.63 Å². The molecule has 0 atom stereocenters. The summed E-state index contributed by atoms with van der Waals surface area (Å²) in [6, 6.07) is 4.75. The summed E-state index contributed by atoms with van der Waals surface area (Å²) in [6.45, 7) is 2.64. The molecule has 0 aliphatic carbocycles. The van der Waals surface area contributed by atoms with Crippen LogP contribution in [0.2, 0.25) is 0 Å². The van der Waals surface area contributed by atoms with Crippen molar-refractivity contribution in [2.75, 3.05) is 27.7 Å². The van der Waals surface area contributed by atoms with Crippen molar-refractivity contribution in [1.29, 1.82) is 0 Å². The van der Waals surface area contributed by atoms with Crippen LogP contribution < -0.4 is 5.63 Å². The average molecular weight is 318 g/mol. The quantitative estimate of drug-likeness (QED) is 0.847. The van der Waals surface area contributed by atoms with Gasteiger partial charge in [-0.05, 0) is 30.7 Å². The fourth-order valence-corrected chi connectivity index (χ4v) is 2.44. The lowest BCUT2D eigenvalue weighted by molar-refractivity contribution is -0.129. The van der Waals surface area contributed by atoms with E-state index in [2.05, 4.69) is 0 Å². The first-order chi connectivity index (χ1) is 10.8. The zero-order chi connectivity index (χ0) is 17.1. The summed E-state index contributed by atoms with van der Waals surface area (Å²) < 4.78 is 5.17. The summed E-state index contributed by atoms with van der Waals surface area (Å²) in [7, 11) is 5.24. The van der Waals surface area contributed by atoms with Crippen molar-refractivity contribution in [1.82, 2.24) is 9.80 Å². The fourth-order valence-electron chi connectivity index (χ4n) is 2.44. The van der Waals surface area contributed by atoms with Gasteiger partial charge in [0.15, 0.2) is 0 Å². The van der Waals surface area contributed by atoms with Gasteiger partial charge in [0, 0.05) is 38.2 Å². The zero-order valence-electron chi connectivity index (χ0n) is 13.9. The predicted octanol–water partition coefficient (Wildman–Crippen LogP) is 1.58. The predicted molar refractivity (Wildman–Crippen MR) is 88.6 cm³/mol. The summed E-state index contributed by atoms with van der Waals surface area (Å²) in [6.07, 6.45) is 0.676. The molecule has 2 rings (SSSR count). The standard InChI is InChI=1S/C17H22N2O4/c1-5-11-6-13-12(9-19(4)10-16(21)18(2)3)7-17(22)23-15(13)8-14(11)20/h6-8,20H,5,9-10H2,1-4H3. The Hall–Kier alpha value is -2.34. The van der Waals surface area contributed by atoms with Gasteiger partial charge in [-0.15, -0.1) is 0 Å². The van der Waals surface area contributed by atoms with E-state index in [9.17, 15) is 14.7 Å². The van der Waals surface area contributed by atoms with Gasteiger partial charge in [-0.3, -0.25) is 9.69 Å². The number of phenolic OH excluding ortho intramolecular Hbond substituents is 1. The maximum absolute atomic E-state index is 11.8. The Kier molecular flexibility index (Phi) is 5.05. The second-order valence-corrected chi connectivity index (χ2v) is 5.88. The first kappa shape index (κ1) is 17.0. The first-order valence-corrected chi connectivity index (χ1v) is 7.49. The molecule has 0 bridgehead atoms. The van der Waals surface area contributed by atoms with Crippen LogP contribution in [0.5, 0.6) is 5.75 Å². The number of amides is 1. The highest BCUT2D eigenvalue weighted by molar-refractivity contribution is 5.83. The molecule has 0 saturated carbocycles. The molecule has 2 aromatic rings. The molecule has 6 nitrogen and oxygen atoms in total. The Morgan fingerprint density at radius 3 is 2.48 bits per heavy atom. The lowest BCUT2D eigenvalue weighted by Gasteiger charge is -2.19. The Labute approximate surface area is 134 Å². The van der Waals surface area contributed by atoms with Gasteiger partial charge in [0.05, 0.1) is 6.54 Å². The van der Waals surface area contributed by atoms with Crippen LogP contribution in [0.25, 0.3) is 11.0 Å². The van der Waals surface area contributed by atoms with Crippen molar-refractivity contribution in [2.24, 2.45) is 0 Å². The van der Waals surface area contributed by atoms with Crippen LogP contribution in [0.1, 0.15) is 18.1 Å². The lowest BCUT2D eigenvalue weighted by Crippen LogP contribution is -2.34. The number of likely N-dealkylation sites (N-methyl/N-ethyl adjacent to an activating group) is 2. The Morgan fingerprint density at radius 1 is 1.17 bits per heavy atom. The summed E-state index contributed by atoms with van der Waals surface area (Å²) in [4.78, 5) is 26.9. The van der Waals surface area contributed by atoms with Gasteiger partial charge in [-0.2, -0.15) is 0 Å². The lowest BCUT2D eigenvalue weighted by atomic mass is 10.0. The van der Waals surface area contributed by atoms with E-state index >= 15 is 0 Å². The van der Waals surface area contributed by atoms with Crippen LogP contribution in [0.3, 0.4) is 0 Å². The van der Waals surface area contributed by atoms with E-state index in [1.54, 1.807) is 14.1 Å². The number of nitrogens with zero attached hydrogens (tertiary/aromatic N) is 2. The fraction of sp³-hybridized carbons (Fsp3) is 0.412. The molecule has 0 fully saturated rings. The maximum atomic E-state index is 11.8. The van der Waals surface area contributed by atoms with Crippen molar-refractivity contribution in [2.45, 2.75) is 19.9 Å². The monoisotopic (exact) mass is 318 g/mol. The van der Waals surface area contributed by atoms with Gasteiger partial charge in [0.25, 0.3) is 0 Å². The molecule has 0 saturated heterocycles. The highest BCUT2D eigenvalue weighted by Crippen LogP contribution is 2.27. The number of rotatable bonds is 5. The second-order valence-electron chi connectivity index (χ2n) is 5.88. The third kappa shape index (κ3) is 3.90. The van der Waals surface area contributed by atoms with Gasteiger partial charge in [0.2, 0.25) is 5.91 Å². The molecular formula is C17H22N2O4. The van der Waals surface area contributed by atoms with Crippen molar-refractivity contribution < 1.29 is 14.3 Å². The zero-order valence-corrected chi connectivity index (χ0v) is 13.9. The second kappa shape index (κ2) is 6.83. The number of aromatic hydroxyl groups is 1. The Bertz CT molecular complexity index is 780. The van der Waals surface area contributed by atoms with E-state index in [-0.39, 0.29) is 18.2 Å². The third-order valence-electron chi connectivity index (χ3n) is 3.75. The van der Waals surface area contributed by atoms with Gasteiger partial charge in [-0.25, -0.2) is 4.79 Å². The minimum atomic E-state index is -0.469. The molecule has 0 aliphatic rings. The minimum Gasteiger partial charge on any atom is -0.508 e. The number of hydrogen-bond donors (Lipinski definition) is 1. The van der Waals surface area contributed by atoms with Crippen molar-refractivity contribution in [3.05, 3.63) is 39.7 Å². The highest BCUT2D eigenvalue weighted by Gasteiger charge is 2.14. The number of aryl methyl sites for hydroxylation is 1. The van der Waals surface area contributed by atoms with E-state index in [0.29, 0.717) is 18.5 Å². The first-order valence-electron chi connectivity index (χ1n) is 7.49. The van der Waals surface area contributed by atoms with Gasteiger partial charge in [-0.1, -0.05) is 6.92 Å². The van der Waals surface area contributed by atoms with Crippen LogP contribution in [0.15, 0.2) is 27.4 Å². The number of fused-ring (bicyclic) bond motifs is 1. The Morgan fingerprint density at radius 2 is 1.87 bits per heavy atom. The van der Waals surface area contributed by atoms with E-state index in [1.807, 2.05) is 24.9 Å². The molecule has 1 aromatic carbocycles. The molecule has 0 radical (unpaired) electrons. The van der Waals surface area contributed by atoms with Crippen LogP contribution in [0.4, 0.5) is 0 Å². The number of carbonyl (C=O) groups is 1. The number of hydrogen-bond acceptors (Lipinski definition) is 5. The topological polar surface area (TPSA) is 74.0 Å². The van der Waals surface area contributed by atoms with Gasteiger partial charge >= 0.3 is 5.63 Å². The summed E-state index contributed by atoms with van der Waals surface area (Å²) in [5.74, 6) is 0.114. The molecule has 1 amide bonds. The third-order valence-corrected chi connectivity index (χ3v) is 3.75. The minimum absolute atomic E-state index is 0.00772. The van der Waals surface area contributed by atoms with Crippen LogP contribution in [0, 0.1) is 0 Å². The number of benzene rings is 1. The average Bonchev–Trinajstić information content (AvgIpc) is 2.46. The highest BCUT2D eigenvalue weighted by atomic mass is 16.4. The molecule has 6 heteroatoms. The van der Waals surface area contributed by atoms with E-state index in [1.165, 1.54) is 17.0 Å². The maximum Gasteiger partial charge on any atom is 0.336 e. The molecule has 1 aromatic heterocycles. The molecular weight excluding hydrogens is 296 g/mol. The van der Waals surface area contributed by atoms with Crippen LogP contribution in [-0.4, -0.2) is 48.5 Å². The van der Waals surface area contributed by atoms with Crippen LogP contribution >= 0.6 is 0 Å². The molecule has 0 aliphatic heterocycles. The summed E-state index contributed by atoms with van der Waals surface area (Å²) in [5, 5.41) is 10.7. The van der Waals surface area contributed by atoms with Crippen molar-refractivity contribution >= 4 is 16.9 Å². The van der Waals surface area contributed by atoms with Gasteiger partial charge in [0.1, 0.15) is 11.3 Å². The largest absolute Gasteiger partial charge is 0.508 e. The van der Waals surface area contributed by atoms with Crippen LogP contribution in [-0.2, 0) is 17.8 Å². The molecule has 23 heavy (non-hydrogen) atoms. The molecule has 124 valence electrons. The molecule has 0 unspecified atom stereocenters. The number of carbonyl (C=O) groups excluding carboxylic acids is 1.